The van der Waals surface area contributed by atoms with Crippen molar-refractivity contribution in [3.05, 3.63) is 83.9 Å². The number of aromatic carboxylic acids is 1. The van der Waals surface area contributed by atoms with Crippen LogP contribution in [0, 0.1) is 0 Å². The molecule has 0 aliphatic carbocycles. The van der Waals surface area contributed by atoms with Gasteiger partial charge in [0.05, 0.1) is 29.9 Å². The van der Waals surface area contributed by atoms with Crippen LogP contribution in [0.15, 0.2) is 67.0 Å². The van der Waals surface area contributed by atoms with Gasteiger partial charge in [0.25, 0.3) is 0 Å². The van der Waals surface area contributed by atoms with Gasteiger partial charge in [-0.05, 0) is 60.7 Å². The molecule has 1 saturated heterocycles. The first-order valence-corrected chi connectivity index (χ1v) is 9.99. The third-order valence-corrected chi connectivity index (χ3v) is 5.56. The average Bonchev–Trinajstić information content (AvgIpc) is 3.37. The number of hydrogen-bond donors (Lipinski definition) is 2. The number of methoxy groups -OCH3 is 1. The van der Waals surface area contributed by atoms with Crippen LogP contribution < -0.4 is 5.32 Å². The van der Waals surface area contributed by atoms with E-state index in [1.807, 2.05) is 42.6 Å². The van der Waals surface area contributed by atoms with Crippen LogP contribution in [0.2, 0.25) is 0 Å². The summed E-state index contributed by atoms with van der Waals surface area (Å²) in [7, 11) is 1.67. The largest absolute Gasteiger partial charge is 0.478 e. The van der Waals surface area contributed by atoms with Gasteiger partial charge < -0.3 is 24.6 Å². The van der Waals surface area contributed by atoms with Gasteiger partial charge in [-0.2, -0.15) is 0 Å². The van der Waals surface area contributed by atoms with E-state index < -0.39 is 5.97 Å². The SMILES string of the molecule is COCCN1C(=S)N[C@@H](c2ccccn2)[C@@H]1c1cccn1-c1ccc(C(=O)O)cc1. The van der Waals surface area contributed by atoms with Gasteiger partial charge in [-0.15, -0.1) is 0 Å². The lowest BCUT2D eigenvalue weighted by atomic mass is 10.0. The van der Waals surface area contributed by atoms with Crippen molar-refractivity contribution >= 4 is 23.3 Å². The topological polar surface area (TPSA) is 79.6 Å². The molecule has 154 valence electrons. The minimum Gasteiger partial charge on any atom is -0.478 e. The average molecular weight is 423 g/mol. The maximum Gasteiger partial charge on any atom is 0.335 e. The number of nitrogens with one attached hydrogen (secondary N) is 1. The van der Waals surface area contributed by atoms with Gasteiger partial charge in [0, 0.05) is 37.4 Å². The summed E-state index contributed by atoms with van der Waals surface area (Å²) < 4.78 is 7.36. The number of carbonyl (C=O) groups is 1. The second kappa shape index (κ2) is 8.64. The Balaban J connectivity index is 1.76. The number of hydrogen-bond acceptors (Lipinski definition) is 4. The van der Waals surface area contributed by atoms with E-state index in [2.05, 4.69) is 25.8 Å². The number of carboxylic acid groups (broad SMARTS) is 1. The highest BCUT2D eigenvalue weighted by atomic mass is 32.1. The Hall–Kier alpha value is -3.23. The van der Waals surface area contributed by atoms with Gasteiger partial charge in [0.2, 0.25) is 0 Å². The van der Waals surface area contributed by atoms with E-state index >= 15 is 0 Å². The minimum absolute atomic E-state index is 0.100. The van der Waals surface area contributed by atoms with E-state index in [1.165, 1.54) is 0 Å². The normalized spacial score (nSPS) is 18.4. The minimum atomic E-state index is -0.944. The third-order valence-electron chi connectivity index (χ3n) is 5.21. The summed E-state index contributed by atoms with van der Waals surface area (Å²) in [6.45, 7) is 1.18. The Morgan fingerprint density at radius 2 is 2.00 bits per heavy atom. The number of rotatable bonds is 7. The first-order chi connectivity index (χ1) is 14.6. The van der Waals surface area contributed by atoms with Gasteiger partial charge in [-0.3, -0.25) is 4.98 Å². The molecule has 1 aliphatic heterocycles. The maximum absolute atomic E-state index is 11.2. The van der Waals surface area contributed by atoms with Crippen molar-refractivity contribution in [3.8, 4) is 5.69 Å². The second-order valence-corrected chi connectivity index (χ2v) is 7.35. The van der Waals surface area contributed by atoms with Crippen LogP contribution in [-0.4, -0.2) is 50.9 Å². The fourth-order valence-corrected chi connectivity index (χ4v) is 4.12. The zero-order valence-electron chi connectivity index (χ0n) is 16.4. The molecule has 0 spiro atoms. The number of aromatic nitrogens is 2. The quantitative estimate of drug-likeness (QED) is 0.566. The number of thiocarbonyl (C=S) groups is 1. The zero-order chi connectivity index (χ0) is 21.1. The number of benzene rings is 1. The van der Waals surface area contributed by atoms with Crippen LogP contribution in [0.5, 0.6) is 0 Å². The van der Waals surface area contributed by atoms with Crippen molar-refractivity contribution in [1.82, 2.24) is 19.8 Å². The van der Waals surface area contributed by atoms with Crippen molar-refractivity contribution < 1.29 is 14.6 Å². The molecule has 3 heterocycles. The lowest BCUT2D eigenvalue weighted by Gasteiger charge is -2.28. The molecule has 0 saturated carbocycles. The summed E-state index contributed by atoms with van der Waals surface area (Å²) in [6.07, 6.45) is 3.75. The summed E-state index contributed by atoms with van der Waals surface area (Å²) in [5.41, 5.74) is 3.06. The van der Waals surface area contributed by atoms with Crippen LogP contribution in [0.1, 0.15) is 33.8 Å². The predicted octanol–water partition coefficient (Wildman–Crippen LogP) is 3.19. The van der Waals surface area contributed by atoms with Crippen LogP contribution in [0.4, 0.5) is 0 Å². The Bertz CT molecular complexity index is 1040. The van der Waals surface area contributed by atoms with Crippen molar-refractivity contribution in [1.29, 1.82) is 0 Å². The van der Waals surface area contributed by atoms with Gasteiger partial charge in [0.15, 0.2) is 5.11 Å². The molecule has 2 aromatic heterocycles. The van der Waals surface area contributed by atoms with E-state index in [0.717, 1.165) is 17.1 Å². The van der Waals surface area contributed by atoms with E-state index in [9.17, 15) is 9.90 Å². The Kier molecular flexibility index (Phi) is 5.78. The van der Waals surface area contributed by atoms with Crippen LogP contribution >= 0.6 is 12.2 Å². The molecule has 1 aromatic carbocycles. The van der Waals surface area contributed by atoms with E-state index in [4.69, 9.17) is 17.0 Å². The number of pyridine rings is 1. The first-order valence-electron chi connectivity index (χ1n) is 9.58. The van der Waals surface area contributed by atoms with E-state index in [-0.39, 0.29) is 17.6 Å². The summed E-state index contributed by atoms with van der Waals surface area (Å²) in [6, 6.07) is 16.5. The standard InChI is InChI=1S/C22H22N4O3S/c1-29-14-13-26-20(19(24-22(26)30)17-5-2-3-11-23-17)18-6-4-12-25(18)16-9-7-15(8-10-16)21(27)28/h2-12,19-20H,13-14H2,1H3,(H,24,30)(H,27,28)/t19-,20-/m0/s1. The van der Waals surface area contributed by atoms with Gasteiger partial charge in [-0.25, -0.2) is 4.79 Å². The monoisotopic (exact) mass is 422 g/mol. The summed E-state index contributed by atoms with van der Waals surface area (Å²) in [5, 5.41) is 13.3. The Morgan fingerprint density at radius 1 is 1.20 bits per heavy atom. The smallest absolute Gasteiger partial charge is 0.335 e. The molecule has 1 fully saturated rings. The molecule has 8 heteroatoms. The fraction of sp³-hybridized carbons (Fsp3) is 0.227. The summed E-state index contributed by atoms with van der Waals surface area (Å²) in [5.74, 6) is -0.944. The van der Waals surface area contributed by atoms with Crippen LogP contribution in [-0.2, 0) is 4.74 Å². The third kappa shape index (κ3) is 3.79. The lowest BCUT2D eigenvalue weighted by Crippen LogP contribution is -2.33. The van der Waals surface area contributed by atoms with Gasteiger partial charge in [-0.1, -0.05) is 6.07 Å². The van der Waals surface area contributed by atoms with Crippen molar-refractivity contribution in [2.24, 2.45) is 0 Å². The Morgan fingerprint density at radius 3 is 2.67 bits per heavy atom. The van der Waals surface area contributed by atoms with Crippen molar-refractivity contribution in [3.63, 3.8) is 0 Å². The van der Waals surface area contributed by atoms with Crippen LogP contribution in [0.25, 0.3) is 5.69 Å². The Labute approximate surface area is 179 Å². The second-order valence-electron chi connectivity index (χ2n) is 6.97. The van der Waals surface area contributed by atoms with Crippen molar-refractivity contribution in [2.45, 2.75) is 12.1 Å². The van der Waals surface area contributed by atoms with E-state index in [1.54, 1.807) is 25.4 Å². The summed E-state index contributed by atoms with van der Waals surface area (Å²) in [4.78, 5) is 17.9. The number of carboxylic acids is 1. The highest BCUT2D eigenvalue weighted by Crippen LogP contribution is 2.39. The molecule has 0 radical (unpaired) electrons. The number of ether oxygens (including phenoxy) is 1. The molecule has 0 amide bonds. The first kappa shape index (κ1) is 20.1. The highest BCUT2D eigenvalue weighted by molar-refractivity contribution is 7.80. The molecule has 7 nitrogen and oxygen atoms in total. The zero-order valence-corrected chi connectivity index (χ0v) is 17.2. The van der Waals surface area contributed by atoms with E-state index in [0.29, 0.717) is 18.3 Å². The molecular formula is C22H22N4O3S. The fourth-order valence-electron chi connectivity index (χ4n) is 3.79. The molecule has 3 aromatic rings. The predicted molar refractivity (Wildman–Crippen MR) is 117 cm³/mol. The van der Waals surface area contributed by atoms with Gasteiger partial charge >= 0.3 is 5.97 Å². The molecule has 30 heavy (non-hydrogen) atoms. The van der Waals surface area contributed by atoms with Gasteiger partial charge in [0.1, 0.15) is 0 Å². The lowest BCUT2D eigenvalue weighted by molar-refractivity contribution is 0.0697. The molecule has 0 bridgehead atoms. The molecule has 2 atom stereocenters. The number of nitrogens with zero attached hydrogens (tertiary/aromatic N) is 3. The molecular weight excluding hydrogens is 400 g/mol. The highest BCUT2D eigenvalue weighted by Gasteiger charge is 2.41. The van der Waals surface area contributed by atoms with Crippen LogP contribution in [0.3, 0.4) is 0 Å². The molecule has 2 N–H and O–H groups in total. The molecule has 1 aliphatic rings. The molecule has 0 unspecified atom stereocenters. The maximum atomic E-state index is 11.2. The van der Waals surface area contributed by atoms with Crippen molar-refractivity contribution in [2.75, 3.05) is 20.3 Å². The molecule has 4 rings (SSSR count). The summed E-state index contributed by atoms with van der Waals surface area (Å²) >= 11 is 5.64.